The maximum absolute atomic E-state index is 6.28. The Morgan fingerprint density at radius 3 is 2.29 bits per heavy atom. The van der Waals surface area contributed by atoms with Crippen molar-refractivity contribution in [1.29, 1.82) is 0 Å². The zero-order valence-electron chi connectivity index (χ0n) is 12.8. The van der Waals surface area contributed by atoms with Crippen molar-refractivity contribution in [3.8, 4) is 5.75 Å². The summed E-state index contributed by atoms with van der Waals surface area (Å²) in [6.45, 7) is 6.72. The van der Waals surface area contributed by atoms with E-state index in [0.29, 0.717) is 18.1 Å². The first-order valence-corrected chi connectivity index (χ1v) is 7.57. The van der Waals surface area contributed by atoms with Crippen LogP contribution in [0.15, 0.2) is 36.4 Å². The minimum absolute atomic E-state index is 0.0486. The van der Waals surface area contributed by atoms with E-state index in [4.69, 9.17) is 22.1 Å². The van der Waals surface area contributed by atoms with Crippen molar-refractivity contribution in [2.75, 3.05) is 0 Å². The molecular formula is C18H22ClNO. The minimum atomic E-state index is 0.0486. The van der Waals surface area contributed by atoms with E-state index in [-0.39, 0.29) is 6.04 Å². The molecule has 0 bridgehead atoms. The van der Waals surface area contributed by atoms with Crippen LogP contribution < -0.4 is 10.5 Å². The van der Waals surface area contributed by atoms with Crippen LogP contribution in [0.25, 0.3) is 0 Å². The van der Waals surface area contributed by atoms with Gasteiger partial charge in [0, 0.05) is 16.6 Å². The van der Waals surface area contributed by atoms with Gasteiger partial charge < -0.3 is 10.5 Å². The van der Waals surface area contributed by atoms with Gasteiger partial charge in [0.2, 0.25) is 0 Å². The third-order valence-corrected chi connectivity index (χ3v) is 3.97. The lowest BCUT2D eigenvalue weighted by atomic mass is 10.0. The molecule has 2 aromatic rings. The molecule has 0 heterocycles. The molecule has 0 aliphatic carbocycles. The summed E-state index contributed by atoms with van der Waals surface area (Å²) >= 11 is 6.28. The summed E-state index contributed by atoms with van der Waals surface area (Å²) in [5.41, 5.74) is 10.6. The van der Waals surface area contributed by atoms with E-state index in [1.165, 1.54) is 16.7 Å². The minimum Gasteiger partial charge on any atom is -0.489 e. The quantitative estimate of drug-likeness (QED) is 0.887. The van der Waals surface area contributed by atoms with Gasteiger partial charge in [-0.1, -0.05) is 35.9 Å². The number of halogens is 1. The maximum Gasteiger partial charge on any atom is 0.124 e. The highest BCUT2D eigenvalue weighted by molar-refractivity contribution is 6.31. The number of benzene rings is 2. The van der Waals surface area contributed by atoms with Crippen molar-refractivity contribution in [2.45, 2.75) is 39.8 Å². The van der Waals surface area contributed by atoms with E-state index < -0.39 is 0 Å². The molecule has 0 saturated carbocycles. The Kier molecular flexibility index (Phi) is 5.27. The molecule has 21 heavy (non-hydrogen) atoms. The molecule has 0 amide bonds. The van der Waals surface area contributed by atoms with Gasteiger partial charge in [-0.15, -0.1) is 0 Å². The molecule has 0 fully saturated rings. The summed E-state index contributed by atoms with van der Waals surface area (Å²) < 4.78 is 6.03. The van der Waals surface area contributed by atoms with Crippen LogP contribution in [0.3, 0.4) is 0 Å². The number of hydrogen-bond donors (Lipinski definition) is 1. The fraction of sp³-hybridized carbons (Fsp3) is 0.333. The maximum atomic E-state index is 6.28. The SMILES string of the molecule is Cc1cccc(C)c1COc1cccc(Cl)c1CC(C)N. The van der Waals surface area contributed by atoms with Crippen LogP contribution in [0.4, 0.5) is 0 Å². The largest absolute Gasteiger partial charge is 0.489 e. The predicted octanol–water partition coefficient (Wildman–Crippen LogP) is 4.43. The smallest absolute Gasteiger partial charge is 0.124 e. The lowest BCUT2D eigenvalue weighted by Gasteiger charge is -2.16. The molecule has 2 aromatic carbocycles. The van der Waals surface area contributed by atoms with E-state index in [9.17, 15) is 0 Å². The van der Waals surface area contributed by atoms with E-state index >= 15 is 0 Å². The Morgan fingerprint density at radius 2 is 1.67 bits per heavy atom. The first-order chi connectivity index (χ1) is 9.99. The Bertz CT molecular complexity index is 602. The van der Waals surface area contributed by atoms with E-state index in [1.807, 2.05) is 25.1 Å². The first-order valence-electron chi connectivity index (χ1n) is 7.20. The topological polar surface area (TPSA) is 35.2 Å². The third-order valence-electron chi connectivity index (χ3n) is 3.62. The second kappa shape index (κ2) is 6.97. The van der Waals surface area contributed by atoms with Crippen molar-refractivity contribution in [2.24, 2.45) is 5.73 Å². The Morgan fingerprint density at radius 1 is 1.05 bits per heavy atom. The van der Waals surface area contributed by atoms with Crippen LogP contribution in [-0.2, 0) is 13.0 Å². The van der Waals surface area contributed by atoms with Crippen LogP contribution in [0, 0.1) is 13.8 Å². The number of aryl methyl sites for hydroxylation is 2. The predicted molar refractivity (Wildman–Crippen MR) is 89.1 cm³/mol. The zero-order chi connectivity index (χ0) is 15.4. The van der Waals surface area contributed by atoms with E-state index in [1.54, 1.807) is 0 Å². The van der Waals surface area contributed by atoms with Gasteiger partial charge in [0.15, 0.2) is 0 Å². The lowest BCUT2D eigenvalue weighted by Crippen LogP contribution is -2.18. The van der Waals surface area contributed by atoms with Crippen LogP contribution in [0.2, 0.25) is 5.02 Å². The van der Waals surface area contributed by atoms with Crippen molar-refractivity contribution < 1.29 is 4.74 Å². The summed E-state index contributed by atoms with van der Waals surface area (Å²) in [6.07, 6.45) is 0.710. The number of hydrogen-bond acceptors (Lipinski definition) is 2. The average molecular weight is 304 g/mol. The second-order valence-electron chi connectivity index (χ2n) is 5.56. The fourth-order valence-electron chi connectivity index (χ4n) is 2.42. The van der Waals surface area contributed by atoms with Crippen molar-refractivity contribution in [3.05, 3.63) is 63.7 Å². The van der Waals surface area contributed by atoms with Crippen molar-refractivity contribution in [3.63, 3.8) is 0 Å². The number of rotatable bonds is 5. The highest BCUT2D eigenvalue weighted by Gasteiger charge is 2.11. The van der Waals surface area contributed by atoms with Gasteiger partial charge >= 0.3 is 0 Å². The number of nitrogens with two attached hydrogens (primary N) is 1. The molecule has 0 aliphatic heterocycles. The fourth-order valence-corrected chi connectivity index (χ4v) is 2.66. The lowest BCUT2D eigenvalue weighted by molar-refractivity contribution is 0.301. The Balaban J connectivity index is 2.22. The normalized spacial score (nSPS) is 12.2. The van der Waals surface area contributed by atoms with Gasteiger partial charge in [-0.2, -0.15) is 0 Å². The molecule has 0 aliphatic rings. The molecule has 2 nitrogen and oxygen atoms in total. The van der Waals surface area contributed by atoms with Crippen LogP contribution in [-0.4, -0.2) is 6.04 Å². The van der Waals surface area contributed by atoms with Crippen molar-refractivity contribution in [1.82, 2.24) is 0 Å². The molecule has 1 atom stereocenters. The summed E-state index contributed by atoms with van der Waals surface area (Å²) in [5, 5.41) is 0.714. The van der Waals surface area contributed by atoms with Gasteiger partial charge in [0.05, 0.1) is 0 Å². The highest BCUT2D eigenvalue weighted by Crippen LogP contribution is 2.28. The molecule has 0 aromatic heterocycles. The summed E-state index contributed by atoms with van der Waals surface area (Å²) in [4.78, 5) is 0. The summed E-state index contributed by atoms with van der Waals surface area (Å²) in [7, 11) is 0. The second-order valence-corrected chi connectivity index (χ2v) is 5.96. The van der Waals surface area contributed by atoms with Crippen LogP contribution in [0.5, 0.6) is 5.75 Å². The van der Waals surface area contributed by atoms with E-state index in [0.717, 1.165) is 11.3 Å². The summed E-state index contributed by atoms with van der Waals surface area (Å²) in [6, 6.07) is 12.1. The third kappa shape index (κ3) is 3.99. The van der Waals surface area contributed by atoms with Gasteiger partial charge in [0.1, 0.15) is 12.4 Å². The first kappa shape index (κ1) is 15.9. The van der Waals surface area contributed by atoms with Crippen LogP contribution >= 0.6 is 11.6 Å². The zero-order valence-corrected chi connectivity index (χ0v) is 13.6. The molecule has 2 N–H and O–H groups in total. The Hall–Kier alpha value is -1.51. The van der Waals surface area contributed by atoms with Crippen molar-refractivity contribution >= 4 is 11.6 Å². The number of ether oxygens (including phenoxy) is 1. The molecular weight excluding hydrogens is 282 g/mol. The van der Waals surface area contributed by atoms with Gasteiger partial charge in [0.25, 0.3) is 0 Å². The van der Waals surface area contributed by atoms with E-state index in [2.05, 4.69) is 32.0 Å². The standard InChI is InChI=1S/C18H22ClNO/c1-12-6-4-7-13(2)16(12)11-21-18-9-5-8-17(19)15(18)10-14(3)20/h4-9,14H,10-11,20H2,1-3H3. The molecule has 0 spiro atoms. The average Bonchev–Trinajstić information content (AvgIpc) is 2.41. The van der Waals surface area contributed by atoms with Gasteiger partial charge in [-0.3, -0.25) is 0 Å². The molecule has 112 valence electrons. The highest BCUT2D eigenvalue weighted by atomic mass is 35.5. The Labute approximate surface area is 131 Å². The molecule has 2 rings (SSSR count). The monoisotopic (exact) mass is 303 g/mol. The van der Waals surface area contributed by atoms with Gasteiger partial charge in [-0.25, -0.2) is 0 Å². The molecule has 3 heteroatoms. The molecule has 0 radical (unpaired) electrons. The molecule has 1 unspecified atom stereocenters. The van der Waals surface area contributed by atoms with Crippen LogP contribution in [0.1, 0.15) is 29.2 Å². The molecule has 0 saturated heterocycles. The summed E-state index contributed by atoms with van der Waals surface area (Å²) in [5.74, 6) is 0.822. The van der Waals surface area contributed by atoms with Gasteiger partial charge in [-0.05, 0) is 56.0 Å².